The maximum Gasteiger partial charge on any atom is 0.193 e. The van der Waals surface area contributed by atoms with Crippen LogP contribution in [0.3, 0.4) is 0 Å². The third-order valence-electron chi connectivity index (χ3n) is 5.61. The summed E-state index contributed by atoms with van der Waals surface area (Å²) < 4.78 is 1.89. The Balaban J connectivity index is 0.00000243. The van der Waals surface area contributed by atoms with Crippen LogP contribution in [-0.2, 0) is 7.05 Å². The fourth-order valence-corrected chi connectivity index (χ4v) is 3.84. The predicted molar refractivity (Wildman–Crippen MR) is 117 cm³/mol. The van der Waals surface area contributed by atoms with Gasteiger partial charge in [0.1, 0.15) is 0 Å². The molecule has 2 aliphatic heterocycles. The van der Waals surface area contributed by atoms with E-state index in [9.17, 15) is 0 Å². The van der Waals surface area contributed by atoms with Crippen molar-refractivity contribution in [1.82, 2.24) is 29.8 Å². The van der Waals surface area contributed by atoms with E-state index in [4.69, 9.17) is 0 Å². The van der Waals surface area contributed by atoms with Crippen LogP contribution in [-0.4, -0.2) is 96.4 Å². The number of aliphatic imine (C=N–C) groups is 1. The molecule has 0 bridgehead atoms. The van der Waals surface area contributed by atoms with Crippen LogP contribution in [0.5, 0.6) is 0 Å². The van der Waals surface area contributed by atoms with Crippen molar-refractivity contribution in [2.75, 3.05) is 59.9 Å². The number of hydrogen-bond donors (Lipinski definition) is 1. The Kier molecular flexibility index (Phi) is 8.15. The number of guanidine groups is 1. The zero-order chi connectivity index (χ0) is 17.8. The molecule has 8 heteroatoms. The normalized spacial score (nSPS) is 23.8. The number of piperazine rings is 1. The summed E-state index contributed by atoms with van der Waals surface area (Å²) in [5.41, 5.74) is 1.34. The summed E-state index contributed by atoms with van der Waals surface area (Å²) in [5.74, 6) is 1.59. The molecule has 2 saturated heterocycles. The number of nitrogens with zero attached hydrogens (tertiary/aromatic N) is 6. The van der Waals surface area contributed by atoms with Crippen LogP contribution in [0.25, 0.3) is 0 Å². The smallest absolute Gasteiger partial charge is 0.193 e. The SMILES string of the molecule is CN=C(NCC(C)N1CCN(C)CC1)N1CCC(c2cnn(C)c2)C1.I. The third-order valence-corrected chi connectivity index (χ3v) is 5.61. The van der Waals surface area contributed by atoms with Gasteiger partial charge in [-0.05, 0) is 26.0 Å². The molecule has 1 N–H and O–H groups in total. The van der Waals surface area contributed by atoms with E-state index in [0.29, 0.717) is 12.0 Å². The van der Waals surface area contributed by atoms with E-state index in [1.807, 2.05) is 25.0 Å². The van der Waals surface area contributed by atoms with Crippen molar-refractivity contribution in [2.45, 2.75) is 25.3 Å². The molecule has 0 spiro atoms. The molecule has 2 atom stereocenters. The molecule has 3 rings (SSSR count). The van der Waals surface area contributed by atoms with Gasteiger partial charge in [-0.2, -0.15) is 5.10 Å². The number of aryl methyl sites for hydroxylation is 1. The lowest BCUT2D eigenvalue weighted by molar-refractivity contribution is 0.119. The minimum Gasteiger partial charge on any atom is -0.355 e. The third kappa shape index (κ3) is 5.32. The summed E-state index contributed by atoms with van der Waals surface area (Å²) in [7, 11) is 6.07. The maximum atomic E-state index is 4.52. The van der Waals surface area contributed by atoms with Crippen molar-refractivity contribution in [1.29, 1.82) is 0 Å². The highest BCUT2D eigenvalue weighted by Crippen LogP contribution is 2.26. The van der Waals surface area contributed by atoms with Crippen molar-refractivity contribution >= 4 is 29.9 Å². The van der Waals surface area contributed by atoms with Crippen LogP contribution in [0.15, 0.2) is 17.4 Å². The van der Waals surface area contributed by atoms with Crippen LogP contribution in [0, 0.1) is 0 Å². The molecule has 1 aromatic heterocycles. The zero-order valence-electron chi connectivity index (χ0n) is 16.6. The van der Waals surface area contributed by atoms with Crippen molar-refractivity contribution < 1.29 is 0 Å². The van der Waals surface area contributed by atoms with Crippen molar-refractivity contribution in [2.24, 2.45) is 12.0 Å². The first-order chi connectivity index (χ1) is 12.1. The van der Waals surface area contributed by atoms with Gasteiger partial charge < -0.3 is 15.1 Å². The molecule has 148 valence electrons. The van der Waals surface area contributed by atoms with Crippen molar-refractivity contribution in [3.05, 3.63) is 18.0 Å². The van der Waals surface area contributed by atoms with E-state index in [2.05, 4.69) is 50.3 Å². The Hall–Kier alpha value is -0.870. The highest BCUT2D eigenvalue weighted by Gasteiger charge is 2.27. The Morgan fingerprint density at radius 3 is 2.62 bits per heavy atom. The van der Waals surface area contributed by atoms with Crippen molar-refractivity contribution in [3.63, 3.8) is 0 Å². The monoisotopic (exact) mass is 475 g/mol. The average molecular weight is 475 g/mol. The van der Waals surface area contributed by atoms with Crippen LogP contribution < -0.4 is 5.32 Å². The first-order valence-corrected chi connectivity index (χ1v) is 9.43. The lowest BCUT2D eigenvalue weighted by atomic mass is 10.0. The minimum absolute atomic E-state index is 0. The average Bonchev–Trinajstić information content (AvgIpc) is 3.25. The van der Waals surface area contributed by atoms with Gasteiger partial charge in [0.2, 0.25) is 0 Å². The highest BCUT2D eigenvalue weighted by molar-refractivity contribution is 14.0. The Morgan fingerprint density at radius 1 is 1.27 bits per heavy atom. The minimum atomic E-state index is 0. The second-order valence-corrected chi connectivity index (χ2v) is 7.50. The molecule has 0 amide bonds. The van der Waals surface area contributed by atoms with E-state index < -0.39 is 0 Å². The van der Waals surface area contributed by atoms with Gasteiger partial charge in [-0.3, -0.25) is 14.6 Å². The first kappa shape index (κ1) is 21.4. The molecular formula is C18H34IN7. The van der Waals surface area contributed by atoms with Crippen molar-refractivity contribution in [3.8, 4) is 0 Å². The largest absolute Gasteiger partial charge is 0.355 e. The summed E-state index contributed by atoms with van der Waals surface area (Å²) in [4.78, 5) is 11.9. The summed E-state index contributed by atoms with van der Waals surface area (Å²) in [5, 5.41) is 7.91. The van der Waals surface area contributed by atoms with Gasteiger partial charge in [0.05, 0.1) is 6.20 Å². The lowest BCUT2D eigenvalue weighted by Gasteiger charge is -2.37. The summed E-state index contributed by atoms with van der Waals surface area (Å²) in [6.07, 6.45) is 5.31. The topological polar surface area (TPSA) is 51.9 Å². The summed E-state index contributed by atoms with van der Waals surface area (Å²) in [6, 6.07) is 0.530. The molecule has 0 aliphatic carbocycles. The molecule has 2 unspecified atom stereocenters. The van der Waals surface area contributed by atoms with Gasteiger partial charge in [-0.25, -0.2) is 0 Å². The van der Waals surface area contributed by atoms with E-state index in [1.165, 1.54) is 12.0 Å². The number of likely N-dealkylation sites (N-methyl/N-ethyl adjacent to an activating group) is 1. The summed E-state index contributed by atoms with van der Waals surface area (Å²) >= 11 is 0. The maximum absolute atomic E-state index is 4.52. The van der Waals surface area contributed by atoms with Gasteiger partial charge in [-0.15, -0.1) is 24.0 Å². The number of aromatic nitrogens is 2. The number of halogens is 1. The first-order valence-electron chi connectivity index (χ1n) is 9.43. The van der Waals surface area contributed by atoms with E-state index in [-0.39, 0.29) is 24.0 Å². The zero-order valence-corrected chi connectivity index (χ0v) is 18.9. The highest BCUT2D eigenvalue weighted by atomic mass is 127. The Morgan fingerprint density at radius 2 is 2.00 bits per heavy atom. The van der Waals surface area contributed by atoms with Gasteiger partial charge in [0.15, 0.2) is 5.96 Å². The van der Waals surface area contributed by atoms with Gasteiger partial charge in [0, 0.05) is 78.1 Å². The molecule has 0 saturated carbocycles. The molecular weight excluding hydrogens is 441 g/mol. The number of nitrogens with one attached hydrogen (secondary N) is 1. The lowest BCUT2D eigenvalue weighted by Crippen LogP contribution is -2.52. The number of likely N-dealkylation sites (tertiary alicyclic amines) is 1. The molecule has 3 heterocycles. The number of hydrogen-bond acceptors (Lipinski definition) is 4. The molecule has 0 radical (unpaired) electrons. The second kappa shape index (κ2) is 9.89. The van der Waals surface area contributed by atoms with Gasteiger partial charge in [0.25, 0.3) is 0 Å². The number of rotatable bonds is 4. The quantitative estimate of drug-likeness (QED) is 0.401. The molecule has 2 fully saturated rings. The van der Waals surface area contributed by atoms with Crippen LogP contribution in [0.4, 0.5) is 0 Å². The molecule has 2 aliphatic rings. The van der Waals surface area contributed by atoms with E-state index >= 15 is 0 Å². The molecule has 1 aromatic rings. The van der Waals surface area contributed by atoms with Gasteiger partial charge >= 0.3 is 0 Å². The second-order valence-electron chi connectivity index (χ2n) is 7.50. The van der Waals surface area contributed by atoms with Crippen LogP contribution in [0.1, 0.15) is 24.8 Å². The van der Waals surface area contributed by atoms with Crippen LogP contribution >= 0.6 is 24.0 Å². The van der Waals surface area contributed by atoms with E-state index in [1.54, 1.807) is 0 Å². The summed E-state index contributed by atoms with van der Waals surface area (Å²) in [6.45, 7) is 9.99. The fraction of sp³-hybridized carbons (Fsp3) is 0.778. The Bertz CT molecular complexity index is 580. The predicted octanol–water partition coefficient (Wildman–Crippen LogP) is 1.04. The van der Waals surface area contributed by atoms with Crippen LogP contribution in [0.2, 0.25) is 0 Å². The van der Waals surface area contributed by atoms with Gasteiger partial charge in [-0.1, -0.05) is 0 Å². The van der Waals surface area contributed by atoms with E-state index in [0.717, 1.165) is 51.8 Å². The molecule has 0 aromatic carbocycles. The fourth-order valence-electron chi connectivity index (χ4n) is 3.84. The molecule has 7 nitrogen and oxygen atoms in total. The Labute approximate surface area is 174 Å². The molecule has 26 heavy (non-hydrogen) atoms. The standard InChI is InChI=1S/C18H33N7.HI/c1-15(24-9-7-22(3)8-10-24)11-20-18(19-2)25-6-5-16(14-25)17-12-21-23(4)13-17;/h12-13,15-16H,5-11,14H2,1-4H3,(H,19,20);1H.